The number of methoxy groups -OCH3 is 2. The second-order valence-electron chi connectivity index (χ2n) is 19.0. The first-order chi connectivity index (χ1) is 22.3. The molecular weight excluding hydrogens is 620 g/mol. The molecule has 2 saturated heterocycles. The molecule has 0 spiro atoms. The Bertz CT molecular complexity index is 661. The lowest BCUT2D eigenvalue weighted by Gasteiger charge is -2.29. The molecule has 0 N–H and O–H groups in total. The standard InChI is InChI=1S/C12H25N.C11H23N.C10H22O2.C9H20O2.2CH4/c1-12(2,3)8-7-11-13-9-5-4-6-10-13;1-11(2,3)7-10-12-8-5-4-6-9-12;1-10(2,3)6-9-12-8-5-7-11-4;1-9(2,3)5-6-11-8-7-10-4;;/h4-11H2,1-3H3;4-10H2,1-3H3;5-9H2,1-4H3;5-8H2,1-4H3;2*1H4. The zero-order chi connectivity index (χ0) is 37.0. The summed E-state index contributed by atoms with van der Waals surface area (Å²) in [6.07, 6.45) is 15.9. The number of ether oxygens (including phenoxy) is 4. The van der Waals surface area contributed by atoms with Crippen LogP contribution >= 0.6 is 0 Å². The molecule has 6 nitrogen and oxygen atoms in total. The molecule has 0 radical (unpaired) electrons. The van der Waals surface area contributed by atoms with Gasteiger partial charge in [0.25, 0.3) is 0 Å². The average molecular weight is 719 g/mol. The Morgan fingerprint density at radius 3 is 1.14 bits per heavy atom. The van der Waals surface area contributed by atoms with Crippen LogP contribution in [0.3, 0.4) is 0 Å². The van der Waals surface area contributed by atoms with Crippen molar-refractivity contribution in [1.82, 2.24) is 9.80 Å². The van der Waals surface area contributed by atoms with Gasteiger partial charge in [0.05, 0.1) is 13.2 Å². The van der Waals surface area contributed by atoms with Crippen LogP contribution in [0.25, 0.3) is 0 Å². The SMILES string of the molecule is C.C.CC(C)(C)CCCN1CCCCC1.CC(C)(C)CCN1CCCCC1.COCCCOCCC(C)(C)C.COCCOCCC(C)(C)C. The van der Waals surface area contributed by atoms with Crippen LogP contribution in [0.5, 0.6) is 0 Å². The maximum absolute atomic E-state index is 5.43. The van der Waals surface area contributed by atoms with Gasteiger partial charge in [-0.25, -0.2) is 0 Å². The molecule has 2 aliphatic rings. The van der Waals surface area contributed by atoms with E-state index in [1.54, 1.807) is 14.2 Å². The van der Waals surface area contributed by atoms with Crippen LogP contribution in [0, 0.1) is 21.7 Å². The van der Waals surface area contributed by atoms with Crippen LogP contribution in [0.2, 0.25) is 0 Å². The van der Waals surface area contributed by atoms with Crippen LogP contribution in [0.15, 0.2) is 0 Å². The van der Waals surface area contributed by atoms with Crippen molar-refractivity contribution in [2.75, 3.05) is 93.1 Å². The van der Waals surface area contributed by atoms with E-state index in [4.69, 9.17) is 18.9 Å². The van der Waals surface area contributed by atoms with Crippen molar-refractivity contribution in [2.24, 2.45) is 21.7 Å². The highest BCUT2D eigenvalue weighted by atomic mass is 16.5. The number of hydrogen-bond donors (Lipinski definition) is 0. The summed E-state index contributed by atoms with van der Waals surface area (Å²) in [7, 11) is 3.41. The van der Waals surface area contributed by atoms with Gasteiger partial charge in [-0.15, -0.1) is 0 Å². The van der Waals surface area contributed by atoms with Crippen LogP contribution in [-0.2, 0) is 18.9 Å². The molecule has 308 valence electrons. The third-order valence-electron chi connectivity index (χ3n) is 8.54. The summed E-state index contributed by atoms with van der Waals surface area (Å²) in [4.78, 5) is 5.25. The van der Waals surface area contributed by atoms with Crippen LogP contribution < -0.4 is 0 Å². The van der Waals surface area contributed by atoms with E-state index in [-0.39, 0.29) is 14.9 Å². The molecule has 2 fully saturated rings. The van der Waals surface area contributed by atoms with Crippen molar-refractivity contribution in [3.05, 3.63) is 0 Å². The average Bonchev–Trinajstić information content (AvgIpc) is 2.98. The van der Waals surface area contributed by atoms with Gasteiger partial charge in [0.1, 0.15) is 0 Å². The van der Waals surface area contributed by atoms with Gasteiger partial charge in [-0.1, -0.05) is 111 Å². The monoisotopic (exact) mass is 719 g/mol. The smallest absolute Gasteiger partial charge is 0.0700 e. The van der Waals surface area contributed by atoms with Crippen molar-refractivity contribution in [3.63, 3.8) is 0 Å². The van der Waals surface area contributed by atoms with E-state index < -0.39 is 0 Å². The zero-order valence-electron chi connectivity index (χ0n) is 35.5. The summed E-state index contributed by atoms with van der Waals surface area (Å²) in [5.41, 5.74) is 1.81. The molecule has 0 atom stereocenters. The molecule has 50 heavy (non-hydrogen) atoms. The topological polar surface area (TPSA) is 43.4 Å². The number of nitrogens with zero attached hydrogens (tertiary/aromatic N) is 2. The number of piperidine rings is 2. The van der Waals surface area contributed by atoms with Gasteiger partial charge in [0.2, 0.25) is 0 Å². The lowest BCUT2D eigenvalue weighted by Crippen LogP contribution is -2.32. The molecule has 2 heterocycles. The first-order valence-electron chi connectivity index (χ1n) is 19.9. The van der Waals surface area contributed by atoms with Crippen LogP contribution in [0.1, 0.15) is 175 Å². The maximum Gasteiger partial charge on any atom is 0.0700 e. The van der Waals surface area contributed by atoms with E-state index in [1.165, 1.54) is 97.1 Å². The van der Waals surface area contributed by atoms with E-state index in [0.29, 0.717) is 34.9 Å². The fourth-order valence-corrected chi connectivity index (χ4v) is 5.10. The predicted molar refractivity (Wildman–Crippen MR) is 225 cm³/mol. The molecule has 0 saturated carbocycles. The fourth-order valence-electron chi connectivity index (χ4n) is 5.10. The Labute approximate surface area is 317 Å². The largest absolute Gasteiger partial charge is 0.385 e. The molecule has 0 aromatic carbocycles. The van der Waals surface area contributed by atoms with Crippen molar-refractivity contribution in [2.45, 2.75) is 175 Å². The predicted octanol–water partition coefficient (Wildman–Crippen LogP) is 12.0. The molecule has 0 amide bonds. The van der Waals surface area contributed by atoms with Gasteiger partial charge in [0.15, 0.2) is 0 Å². The lowest BCUT2D eigenvalue weighted by atomic mass is 9.90. The lowest BCUT2D eigenvalue weighted by molar-refractivity contribution is 0.0580. The Morgan fingerprint density at radius 1 is 0.380 bits per heavy atom. The second kappa shape index (κ2) is 33.3. The van der Waals surface area contributed by atoms with Crippen molar-refractivity contribution >= 4 is 0 Å². The van der Waals surface area contributed by atoms with Gasteiger partial charge in [-0.05, 0) is 125 Å². The summed E-state index contributed by atoms with van der Waals surface area (Å²) in [6, 6.07) is 0. The van der Waals surface area contributed by atoms with Crippen LogP contribution in [-0.4, -0.2) is 103 Å². The molecule has 2 aliphatic heterocycles. The maximum atomic E-state index is 5.43. The Balaban J connectivity index is -0.000000279. The van der Waals surface area contributed by atoms with E-state index in [9.17, 15) is 0 Å². The Kier molecular flexibility index (Phi) is 37.7. The summed E-state index contributed by atoms with van der Waals surface area (Å²) in [5.74, 6) is 0. The molecule has 0 aliphatic carbocycles. The highest BCUT2D eigenvalue weighted by molar-refractivity contribution is 4.69. The molecule has 0 aromatic heterocycles. The summed E-state index contributed by atoms with van der Waals surface area (Å²) in [6.45, 7) is 40.1. The van der Waals surface area contributed by atoms with Crippen molar-refractivity contribution in [1.29, 1.82) is 0 Å². The molecule has 6 heteroatoms. The van der Waals surface area contributed by atoms with E-state index in [1.807, 2.05) is 0 Å². The summed E-state index contributed by atoms with van der Waals surface area (Å²) < 4.78 is 20.5. The third-order valence-corrected chi connectivity index (χ3v) is 8.54. The van der Waals surface area contributed by atoms with E-state index in [0.717, 1.165) is 45.7 Å². The molecule has 0 aromatic rings. The van der Waals surface area contributed by atoms with Gasteiger partial charge in [0, 0.05) is 40.6 Å². The van der Waals surface area contributed by atoms with Gasteiger partial charge in [-0.2, -0.15) is 0 Å². The van der Waals surface area contributed by atoms with E-state index in [2.05, 4.69) is 92.9 Å². The normalized spacial score (nSPS) is 16.0. The minimum absolute atomic E-state index is 0. The molecule has 0 unspecified atom stereocenters. The minimum atomic E-state index is 0. The molecular formula is C44H98N2O4. The quantitative estimate of drug-likeness (QED) is 0.148. The van der Waals surface area contributed by atoms with Crippen molar-refractivity contribution < 1.29 is 18.9 Å². The minimum Gasteiger partial charge on any atom is -0.385 e. The fraction of sp³-hybridized carbons (Fsp3) is 1.00. The first-order valence-corrected chi connectivity index (χ1v) is 19.9. The highest BCUT2D eigenvalue weighted by Gasteiger charge is 2.15. The van der Waals surface area contributed by atoms with Gasteiger partial charge < -0.3 is 28.7 Å². The molecule has 2 rings (SSSR count). The summed E-state index contributed by atoms with van der Waals surface area (Å²) in [5, 5.41) is 0. The van der Waals surface area contributed by atoms with Gasteiger partial charge in [-0.3, -0.25) is 0 Å². The highest BCUT2D eigenvalue weighted by Crippen LogP contribution is 2.22. The Hall–Kier alpha value is -0.240. The number of likely N-dealkylation sites (tertiary alicyclic amines) is 2. The summed E-state index contributed by atoms with van der Waals surface area (Å²) >= 11 is 0. The van der Waals surface area contributed by atoms with Gasteiger partial charge >= 0.3 is 0 Å². The Morgan fingerprint density at radius 2 is 0.760 bits per heavy atom. The third kappa shape index (κ3) is 49.9. The molecule has 0 bridgehead atoms. The first kappa shape index (κ1) is 56.5. The number of rotatable bonds is 16. The number of hydrogen-bond acceptors (Lipinski definition) is 6. The van der Waals surface area contributed by atoms with E-state index >= 15 is 0 Å². The zero-order valence-corrected chi connectivity index (χ0v) is 35.5. The van der Waals surface area contributed by atoms with Crippen molar-refractivity contribution in [3.8, 4) is 0 Å². The van der Waals surface area contributed by atoms with Crippen LogP contribution in [0.4, 0.5) is 0 Å². The second-order valence-corrected chi connectivity index (χ2v) is 19.0.